The summed E-state index contributed by atoms with van der Waals surface area (Å²) in [5.74, 6) is -1.23. The average molecular weight is 315 g/mol. The summed E-state index contributed by atoms with van der Waals surface area (Å²) < 4.78 is 30.3. The van der Waals surface area contributed by atoms with Crippen LogP contribution in [0.25, 0.3) is 0 Å². The van der Waals surface area contributed by atoms with Crippen LogP contribution in [-0.4, -0.2) is 31.4 Å². The van der Waals surface area contributed by atoms with Crippen molar-refractivity contribution in [1.29, 1.82) is 0 Å². The lowest BCUT2D eigenvalue weighted by molar-refractivity contribution is 0.00578. The molecule has 0 atom stereocenters. The van der Waals surface area contributed by atoms with Crippen LogP contribution in [0.5, 0.6) is 0 Å². The lowest BCUT2D eigenvalue weighted by Gasteiger charge is -2.32. The molecule has 1 aromatic rings. The Kier molecular flexibility index (Phi) is 4.08. The molecule has 7 heteroatoms. The minimum Gasteiger partial charge on any atom is -0.465 e. The third-order valence-electron chi connectivity index (χ3n) is 4.00. The average Bonchev–Trinajstić information content (AvgIpc) is 2.57. The van der Waals surface area contributed by atoms with Crippen LogP contribution in [0.3, 0.4) is 0 Å². The van der Waals surface area contributed by atoms with Crippen LogP contribution in [-0.2, 0) is 14.0 Å². The lowest BCUT2D eigenvalue weighted by atomic mass is 9.78. The number of esters is 1. The van der Waals surface area contributed by atoms with Gasteiger partial charge >= 0.3 is 13.1 Å². The van der Waals surface area contributed by atoms with Crippen molar-refractivity contribution in [3.8, 4) is 0 Å². The first-order valence-electron chi connectivity index (χ1n) is 6.52. The molecule has 0 aromatic heterocycles. The summed E-state index contributed by atoms with van der Waals surface area (Å²) in [7, 11) is 0.326. The fourth-order valence-electron chi connectivity index (χ4n) is 1.98. The van der Waals surface area contributed by atoms with Gasteiger partial charge in [-0.2, -0.15) is 0 Å². The van der Waals surface area contributed by atoms with Crippen molar-refractivity contribution in [2.24, 2.45) is 0 Å². The SMILES string of the molecule is COC(=O)c1cc(B2OC(C)(C)C(C)(C)O2)c(F)cc1Cl. The third-order valence-corrected chi connectivity index (χ3v) is 4.31. The summed E-state index contributed by atoms with van der Waals surface area (Å²) >= 11 is 5.87. The first-order chi connectivity index (χ1) is 9.59. The molecule has 0 amide bonds. The van der Waals surface area contributed by atoms with Crippen molar-refractivity contribution in [3.63, 3.8) is 0 Å². The smallest absolute Gasteiger partial charge is 0.465 e. The van der Waals surface area contributed by atoms with E-state index < -0.39 is 30.1 Å². The molecule has 1 aromatic carbocycles. The Morgan fingerprint density at radius 1 is 1.24 bits per heavy atom. The molecular formula is C14H17BClFO4. The van der Waals surface area contributed by atoms with Gasteiger partial charge in [-0.25, -0.2) is 9.18 Å². The summed E-state index contributed by atoms with van der Waals surface area (Å²) in [6, 6.07) is 2.37. The number of carbonyl (C=O) groups is 1. The quantitative estimate of drug-likeness (QED) is 0.622. The van der Waals surface area contributed by atoms with Crippen LogP contribution >= 0.6 is 11.6 Å². The van der Waals surface area contributed by atoms with E-state index >= 15 is 0 Å². The highest BCUT2D eigenvalue weighted by molar-refractivity contribution is 6.62. The van der Waals surface area contributed by atoms with Crippen LogP contribution in [0.4, 0.5) is 4.39 Å². The number of hydrogen-bond donors (Lipinski definition) is 0. The van der Waals surface area contributed by atoms with Gasteiger partial charge in [-0.15, -0.1) is 0 Å². The Bertz CT molecular complexity index is 573. The standard InChI is InChI=1S/C14H17BClFO4/c1-13(2)14(3,4)21-15(20-13)9-6-8(12(18)19-5)10(16)7-11(9)17/h6-7H,1-5H3. The minimum absolute atomic E-state index is 0.0142. The van der Waals surface area contributed by atoms with E-state index in [0.717, 1.165) is 6.07 Å². The van der Waals surface area contributed by atoms with Gasteiger partial charge in [0.25, 0.3) is 0 Å². The maximum Gasteiger partial charge on any atom is 0.497 e. The number of halogens is 2. The van der Waals surface area contributed by atoms with Gasteiger partial charge in [-0.1, -0.05) is 11.6 Å². The molecule has 0 N–H and O–H groups in total. The molecule has 114 valence electrons. The van der Waals surface area contributed by atoms with E-state index in [1.165, 1.54) is 13.2 Å². The second kappa shape index (κ2) is 5.27. The third kappa shape index (κ3) is 2.80. The van der Waals surface area contributed by atoms with E-state index in [9.17, 15) is 9.18 Å². The van der Waals surface area contributed by atoms with Gasteiger partial charge in [0, 0.05) is 5.46 Å². The van der Waals surface area contributed by atoms with E-state index in [2.05, 4.69) is 4.74 Å². The largest absolute Gasteiger partial charge is 0.497 e. The van der Waals surface area contributed by atoms with E-state index in [4.69, 9.17) is 20.9 Å². The van der Waals surface area contributed by atoms with Crippen LogP contribution in [0.15, 0.2) is 12.1 Å². The highest BCUT2D eigenvalue weighted by Crippen LogP contribution is 2.36. The fraction of sp³-hybridized carbons (Fsp3) is 0.500. The van der Waals surface area contributed by atoms with E-state index in [1.54, 1.807) is 0 Å². The van der Waals surface area contributed by atoms with Gasteiger partial charge in [-0.05, 0) is 39.8 Å². The molecule has 2 rings (SSSR count). The van der Waals surface area contributed by atoms with Gasteiger partial charge in [0.2, 0.25) is 0 Å². The number of ether oxygens (including phenoxy) is 1. The Balaban J connectivity index is 2.44. The fourth-order valence-corrected chi connectivity index (χ4v) is 2.21. The summed E-state index contributed by atoms with van der Waals surface area (Å²) in [4.78, 5) is 11.7. The van der Waals surface area contributed by atoms with Gasteiger partial charge < -0.3 is 14.0 Å². The van der Waals surface area contributed by atoms with Crippen molar-refractivity contribution < 1.29 is 23.2 Å². The van der Waals surface area contributed by atoms with Crippen LogP contribution in [0.1, 0.15) is 38.1 Å². The van der Waals surface area contributed by atoms with Gasteiger partial charge in [0.1, 0.15) is 5.82 Å². The number of methoxy groups -OCH3 is 1. The first-order valence-corrected chi connectivity index (χ1v) is 6.90. The number of rotatable bonds is 2. The summed E-state index contributed by atoms with van der Waals surface area (Å²) in [5, 5.41) is -0.0142. The molecule has 0 saturated carbocycles. The van der Waals surface area contributed by atoms with Gasteiger partial charge in [0.15, 0.2) is 0 Å². The number of hydrogen-bond acceptors (Lipinski definition) is 4. The molecule has 1 aliphatic rings. The first kappa shape index (κ1) is 16.3. The van der Waals surface area contributed by atoms with E-state index in [0.29, 0.717) is 0 Å². The Hall–Kier alpha value is -1.11. The summed E-state index contributed by atoms with van der Waals surface area (Å²) in [5.41, 5.74) is -1.01. The zero-order valence-electron chi connectivity index (χ0n) is 12.6. The molecule has 1 saturated heterocycles. The highest BCUT2D eigenvalue weighted by atomic mass is 35.5. The summed E-state index contributed by atoms with van der Waals surface area (Å²) in [6.45, 7) is 7.45. The highest BCUT2D eigenvalue weighted by Gasteiger charge is 2.52. The van der Waals surface area contributed by atoms with Crippen molar-refractivity contribution in [2.75, 3.05) is 7.11 Å². The topological polar surface area (TPSA) is 44.8 Å². The van der Waals surface area contributed by atoms with Crippen molar-refractivity contribution in [1.82, 2.24) is 0 Å². The Morgan fingerprint density at radius 3 is 2.24 bits per heavy atom. The minimum atomic E-state index is -0.907. The predicted molar refractivity (Wildman–Crippen MR) is 78.5 cm³/mol. The van der Waals surface area contributed by atoms with Crippen molar-refractivity contribution >= 4 is 30.2 Å². The molecule has 0 bridgehead atoms. The maximum absolute atomic E-state index is 14.2. The molecular weight excluding hydrogens is 297 g/mol. The van der Waals surface area contributed by atoms with Crippen molar-refractivity contribution in [2.45, 2.75) is 38.9 Å². The lowest BCUT2D eigenvalue weighted by Crippen LogP contribution is -2.41. The van der Waals surface area contributed by atoms with Crippen molar-refractivity contribution in [3.05, 3.63) is 28.5 Å². The second-order valence-electron chi connectivity index (χ2n) is 5.93. The Labute approximate surface area is 128 Å². The Morgan fingerprint density at radius 2 is 1.76 bits per heavy atom. The molecule has 1 aliphatic heterocycles. The molecule has 0 aliphatic carbocycles. The van der Waals surface area contributed by atoms with Gasteiger partial charge in [0.05, 0.1) is 28.9 Å². The molecule has 0 spiro atoms. The van der Waals surface area contributed by atoms with Crippen LogP contribution in [0, 0.1) is 5.82 Å². The number of carbonyl (C=O) groups excluding carboxylic acids is 1. The molecule has 1 fully saturated rings. The van der Waals surface area contributed by atoms with Gasteiger partial charge in [-0.3, -0.25) is 0 Å². The molecule has 1 heterocycles. The van der Waals surface area contributed by atoms with E-state index in [-0.39, 0.29) is 16.0 Å². The molecule has 21 heavy (non-hydrogen) atoms. The molecule has 0 radical (unpaired) electrons. The summed E-state index contributed by atoms with van der Waals surface area (Å²) in [6.07, 6.45) is 0. The zero-order valence-corrected chi connectivity index (χ0v) is 13.4. The number of benzene rings is 1. The molecule has 0 unspecified atom stereocenters. The van der Waals surface area contributed by atoms with Crippen LogP contribution < -0.4 is 5.46 Å². The normalized spacial score (nSPS) is 19.7. The maximum atomic E-state index is 14.2. The second-order valence-corrected chi connectivity index (χ2v) is 6.34. The monoisotopic (exact) mass is 314 g/mol. The zero-order chi connectivity index (χ0) is 16.0. The molecule has 4 nitrogen and oxygen atoms in total. The van der Waals surface area contributed by atoms with Crippen LogP contribution in [0.2, 0.25) is 5.02 Å². The van der Waals surface area contributed by atoms with E-state index in [1.807, 2.05) is 27.7 Å². The predicted octanol–water partition coefficient (Wildman–Crippen LogP) is 2.56.